The number of hydrogen-bond donors (Lipinski definition) is 1. The van der Waals surface area contributed by atoms with Gasteiger partial charge >= 0.3 is 0 Å². The van der Waals surface area contributed by atoms with Gasteiger partial charge in [-0.2, -0.15) is 0 Å². The van der Waals surface area contributed by atoms with E-state index < -0.39 is 0 Å². The molecule has 1 fully saturated rings. The minimum absolute atomic E-state index is 0.669. The summed E-state index contributed by atoms with van der Waals surface area (Å²) >= 11 is 0. The lowest BCUT2D eigenvalue weighted by Gasteiger charge is -2.31. The predicted octanol–water partition coefficient (Wildman–Crippen LogP) is 1.77. The zero-order valence-electron chi connectivity index (χ0n) is 9.66. The van der Waals surface area contributed by atoms with Gasteiger partial charge in [0.15, 0.2) is 0 Å². The normalized spacial score (nSPS) is 27.0. The molecule has 1 N–H and O–H groups in total. The van der Waals surface area contributed by atoms with Crippen LogP contribution in [0.5, 0.6) is 5.75 Å². The first kappa shape index (κ1) is 9.85. The van der Waals surface area contributed by atoms with Gasteiger partial charge in [0, 0.05) is 24.7 Å². The molecule has 3 rings (SSSR count). The fourth-order valence-corrected chi connectivity index (χ4v) is 2.49. The molecular weight excluding hydrogens is 200 g/mol. The van der Waals surface area contributed by atoms with Crippen LogP contribution in [-0.4, -0.2) is 24.7 Å². The Labute approximate surface area is 95.5 Å². The number of pyridine rings is 1. The Morgan fingerprint density at radius 3 is 2.94 bits per heavy atom. The number of rotatable bonds is 2. The van der Waals surface area contributed by atoms with Gasteiger partial charge in [-0.1, -0.05) is 6.08 Å². The van der Waals surface area contributed by atoms with Crippen molar-refractivity contribution >= 4 is 5.57 Å². The van der Waals surface area contributed by atoms with Crippen molar-refractivity contribution in [3.8, 4) is 5.75 Å². The van der Waals surface area contributed by atoms with Crippen molar-refractivity contribution in [1.82, 2.24) is 10.3 Å². The second kappa shape index (κ2) is 3.59. The summed E-state index contributed by atoms with van der Waals surface area (Å²) in [6.45, 7) is 3.10. The summed E-state index contributed by atoms with van der Waals surface area (Å²) in [5.74, 6) is 1.62. The molecule has 0 aromatic carbocycles. The molecule has 1 aliphatic carbocycles. The highest BCUT2D eigenvalue weighted by Gasteiger charge is 2.34. The van der Waals surface area contributed by atoms with Crippen LogP contribution in [0.3, 0.4) is 0 Å². The summed E-state index contributed by atoms with van der Waals surface area (Å²) in [5.41, 5.74) is 3.57. The van der Waals surface area contributed by atoms with Crippen LogP contribution in [0, 0.1) is 12.8 Å². The minimum Gasteiger partial charge on any atom is -0.495 e. The van der Waals surface area contributed by atoms with E-state index in [4.69, 9.17) is 4.74 Å². The van der Waals surface area contributed by atoms with E-state index in [1.807, 2.05) is 13.1 Å². The highest BCUT2D eigenvalue weighted by atomic mass is 16.5. The number of hydrogen-bond acceptors (Lipinski definition) is 3. The Balaban J connectivity index is 1.92. The third kappa shape index (κ3) is 1.43. The van der Waals surface area contributed by atoms with Gasteiger partial charge in [-0.25, -0.2) is 0 Å². The van der Waals surface area contributed by atoms with E-state index in [0.29, 0.717) is 6.04 Å². The van der Waals surface area contributed by atoms with Crippen LogP contribution in [0.1, 0.15) is 17.7 Å². The maximum atomic E-state index is 5.31. The van der Waals surface area contributed by atoms with Crippen molar-refractivity contribution in [3.05, 3.63) is 29.6 Å². The Morgan fingerprint density at radius 2 is 2.38 bits per heavy atom. The lowest BCUT2D eigenvalue weighted by molar-refractivity contribution is 0.306. The molecule has 0 bridgehead atoms. The van der Waals surface area contributed by atoms with Crippen molar-refractivity contribution in [2.24, 2.45) is 5.92 Å². The molecule has 16 heavy (non-hydrogen) atoms. The lowest BCUT2D eigenvalue weighted by atomic mass is 9.95. The summed E-state index contributed by atoms with van der Waals surface area (Å²) in [6.07, 6.45) is 5.46. The Hall–Kier alpha value is -1.35. The third-order valence-corrected chi connectivity index (χ3v) is 3.62. The molecule has 84 valence electrons. The minimum atomic E-state index is 0.669. The van der Waals surface area contributed by atoms with Gasteiger partial charge in [-0.3, -0.25) is 4.98 Å². The fourth-order valence-electron chi connectivity index (χ4n) is 2.49. The molecule has 1 aromatic rings. The Bertz CT molecular complexity index is 453. The Kier molecular flexibility index (Phi) is 2.21. The number of nitrogens with zero attached hydrogens (tertiary/aromatic N) is 1. The quantitative estimate of drug-likeness (QED) is 0.818. The second-order valence-electron chi connectivity index (χ2n) is 4.59. The molecule has 1 aliphatic heterocycles. The van der Waals surface area contributed by atoms with Crippen molar-refractivity contribution in [3.63, 3.8) is 0 Å². The van der Waals surface area contributed by atoms with Crippen LogP contribution in [0.15, 0.2) is 18.3 Å². The molecule has 0 saturated carbocycles. The number of fused-ring (bicyclic) bond motifs is 1. The zero-order valence-corrected chi connectivity index (χ0v) is 9.66. The summed E-state index contributed by atoms with van der Waals surface area (Å²) < 4.78 is 5.31. The standard InChI is InChI=1S/C13H16N2O/c1-8-13(16-2)5-10(6-14-8)9-3-11-7-15-12(11)4-9/h3,5-6,11-12,15H,4,7H2,1-2H3/t11-,12-/m1/s1. The molecule has 2 atom stereocenters. The van der Waals surface area contributed by atoms with Gasteiger partial charge in [0.05, 0.1) is 12.8 Å². The van der Waals surface area contributed by atoms with Crippen molar-refractivity contribution in [2.75, 3.05) is 13.7 Å². The largest absolute Gasteiger partial charge is 0.495 e. The van der Waals surface area contributed by atoms with Crippen LogP contribution >= 0.6 is 0 Å². The first-order chi connectivity index (χ1) is 7.78. The van der Waals surface area contributed by atoms with Gasteiger partial charge in [0.2, 0.25) is 0 Å². The molecule has 1 aromatic heterocycles. The predicted molar refractivity (Wildman–Crippen MR) is 63.4 cm³/mol. The smallest absolute Gasteiger partial charge is 0.140 e. The second-order valence-corrected chi connectivity index (χ2v) is 4.59. The molecule has 3 heteroatoms. The van der Waals surface area contributed by atoms with Crippen LogP contribution in [0.25, 0.3) is 5.57 Å². The van der Waals surface area contributed by atoms with Gasteiger partial charge < -0.3 is 10.1 Å². The van der Waals surface area contributed by atoms with Crippen molar-refractivity contribution < 1.29 is 4.74 Å². The van der Waals surface area contributed by atoms with Crippen LogP contribution in [0.4, 0.5) is 0 Å². The highest BCUT2D eigenvalue weighted by Crippen LogP contribution is 2.36. The van der Waals surface area contributed by atoms with E-state index in [0.717, 1.165) is 30.3 Å². The average molecular weight is 216 g/mol. The van der Waals surface area contributed by atoms with E-state index in [1.54, 1.807) is 7.11 Å². The summed E-state index contributed by atoms with van der Waals surface area (Å²) in [7, 11) is 1.70. The maximum Gasteiger partial charge on any atom is 0.140 e. The first-order valence-corrected chi connectivity index (χ1v) is 5.73. The number of nitrogens with one attached hydrogen (secondary N) is 1. The average Bonchev–Trinajstić information content (AvgIpc) is 2.56. The van der Waals surface area contributed by atoms with Gasteiger partial charge in [0.25, 0.3) is 0 Å². The van der Waals surface area contributed by atoms with Gasteiger partial charge in [0.1, 0.15) is 5.75 Å². The zero-order chi connectivity index (χ0) is 11.1. The molecule has 2 heterocycles. The number of aromatic nitrogens is 1. The SMILES string of the molecule is COc1cc(C2=C[C@@H]3CN[C@@H]3C2)cnc1C. The molecule has 0 amide bonds. The fraction of sp³-hybridized carbons (Fsp3) is 0.462. The van der Waals surface area contributed by atoms with Gasteiger partial charge in [-0.15, -0.1) is 0 Å². The molecule has 0 spiro atoms. The number of aryl methyl sites for hydroxylation is 1. The van der Waals surface area contributed by atoms with Crippen molar-refractivity contribution in [1.29, 1.82) is 0 Å². The Morgan fingerprint density at radius 1 is 1.50 bits per heavy atom. The van der Waals surface area contributed by atoms with E-state index in [2.05, 4.69) is 22.4 Å². The van der Waals surface area contributed by atoms with Crippen LogP contribution < -0.4 is 10.1 Å². The van der Waals surface area contributed by atoms with Gasteiger partial charge in [-0.05, 0) is 30.5 Å². The number of ether oxygens (including phenoxy) is 1. The van der Waals surface area contributed by atoms with Crippen LogP contribution in [0.2, 0.25) is 0 Å². The molecule has 0 unspecified atom stereocenters. The summed E-state index contributed by atoms with van der Waals surface area (Å²) in [6, 6.07) is 2.76. The van der Waals surface area contributed by atoms with E-state index in [1.165, 1.54) is 11.1 Å². The topological polar surface area (TPSA) is 34.1 Å². The maximum absolute atomic E-state index is 5.31. The molecule has 0 radical (unpaired) electrons. The summed E-state index contributed by atoms with van der Waals surface area (Å²) in [4.78, 5) is 4.38. The van der Waals surface area contributed by atoms with E-state index in [-0.39, 0.29) is 0 Å². The van der Waals surface area contributed by atoms with E-state index >= 15 is 0 Å². The number of methoxy groups -OCH3 is 1. The lowest BCUT2D eigenvalue weighted by Crippen LogP contribution is -2.49. The first-order valence-electron chi connectivity index (χ1n) is 5.73. The molecule has 1 saturated heterocycles. The monoisotopic (exact) mass is 216 g/mol. The summed E-state index contributed by atoms with van der Waals surface area (Å²) in [5, 5.41) is 3.44. The molecule has 3 nitrogen and oxygen atoms in total. The highest BCUT2D eigenvalue weighted by molar-refractivity contribution is 5.70. The van der Waals surface area contributed by atoms with Crippen molar-refractivity contribution in [2.45, 2.75) is 19.4 Å². The van der Waals surface area contributed by atoms with Crippen LogP contribution in [-0.2, 0) is 0 Å². The molecule has 2 aliphatic rings. The molecular formula is C13H16N2O. The third-order valence-electron chi connectivity index (χ3n) is 3.62. The van der Waals surface area contributed by atoms with E-state index in [9.17, 15) is 0 Å².